The second kappa shape index (κ2) is 11.3. The lowest BCUT2D eigenvalue weighted by molar-refractivity contribution is 0.264. The van der Waals surface area contributed by atoms with Gasteiger partial charge >= 0.3 is 0 Å². The molecular formula is C29H36O4. The van der Waals surface area contributed by atoms with Crippen LogP contribution in [0.15, 0.2) is 42.5 Å². The first kappa shape index (κ1) is 23.3. The van der Waals surface area contributed by atoms with Gasteiger partial charge in [0.15, 0.2) is 23.0 Å². The minimum atomic E-state index is 0.615. The monoisotopic (exact) mass is 448 g/mol. The van der Waals surface area contributed by atoms with Crippen molar-refractivity contribution in [1.29, 1.82) is 0 Å². The maximum Gasteiger partial charge on any atom is 0.216 e. The number of ether oxygens (including phenoxy) is 4. The number of rotatable bonds is 12. The molecule has 0 atom stereocenters. The third-order valence-electron chi connectivity index (χ3n) is 6.05. The summed E-state index contributed by atoms with van der Waals surface area (Å²) < 4.78 is 25.6. The molecule has 0 radical (unpaired) electrons. The van der Waals surface area contributed by atoms with Gasteiger partial charge in [-0.2, -0.15) is 0 Å². The smallest absolute Gasteiger partial charge is 0.216 e. The molecule has 4 heteroatoms. The van der Waals surface area contributed by atoms with E-state index in [0.29, 0.717) is 36.2 Å². The summed E-state index contributed by atoms with van der Waals surface area (Å²) in [6.07, 6.45) is 9.21. The number of hydrogen-bond acceptors (Lipinski definition) is 4. The minimum absolute atomic E-state index is 0.615. The van der Waals surface area contributed by atoms with E-state index in [1.165, 1.54) is 25.7 Å². The van der Waals surface area contributed by atoms with Gasteiger partial charge < -0.3 is 18.9 Å². The quantitative estimate of drug-likeness (QED) is 0.203. The van der Waals surface area contributed by atoms with Crippen molar-refractivity contribution in [2.75, 3.05) is 13.2 Å². The fourth-order valence-corrected chi connectivity index (χ4v) is 4.21. The molecule has 1 aliphatic heterocycles. The van der Waals surface area contributed by atoms with Crippen molar-refractivity contribution in [3.05, 3.63) is 48.0 Å². The SMILES string of the molecule is CCCCCCOc1c2c(c(OCCCCCC)c3ccccc13)Oc1cc(C)ccc1O2. The lowest BCUT2D eigenvalue weighted by atomic mass is 10.1. The predicted octanol–water partition coefficient (Wildman–Crippen LogP) is 8.96. The molecule has 0 saturated heterocycles. The number of unbranched alkanes of at least 4 members (excludes halogenated alkanes) is 6. The average Bonchev–Trinajstić information content (AvgIpc) is 2.83. The normalized spacial score (nSPS) is 12.0. The Hall–Kier alpha value is -2.88. The van der Waals surface area contributed by atoms with Gasteiger partial charge in [0, 0.05) is 10.8 Å². The van der Waals surface area contributed by atoms with Crippen LogP contribution in [0.25, 0.3) is 10.8 Å². The van der Waals surface area contributed by atoms with E-state index < -0.39 is 0 Å². The van der Waals surface area contributed by atoms with Crippen LogP contribution < -0.4 is 18.9 Å². The Morgan fingerprint density at radius 3 is 1.73 bits per heavy atom. The van der Waals surface area contributed by atoms with Crippen molar-refractivity contribution >= 4 is 10.8 Å². The van der Waals surface area contributed by atoms with Crippen molar-refractivity contribution in [1.82, 2.24) is 0 Å². The van der Waals surface area contributed by atoms with Crippen LogP contribution >= 0.6 is 0 Å². The van der Waals surface area contributed by atoms with Crippen LogP contribution in [-0.2, 0) is 0 Å². The molecule has 0 saturated carbocycles. The Balaban J connectivity index is 1.72. The van der Waals surface area contributed by atoms with Crippen molar-refractivity contribution in [2.45, 2.75) is 72.1 Å². The zero-order valence-electron chi connectivity index (χ0n) is 20.2. The van der Waals surface area contributed by atoms with Crippen LogP contribution in [0.3, 0.4) is 0 Å². The van der Waals surface area contributed by atoms with Gasteiger partial charge in [-0.05, 0) is 37.5 Å². The van der Waals surface area contributed by atoms with E-state index in [2.05, 4.69) is 32.9 Å². The van der Waals surface area contributed by atoms with Gasteiger partial charge in [0.2, 0.25) is 11.5 Å². The number of fused-ring (bicyclic) bond motifs is 3. The Kier molecular flexibility index (Phi) is 7.98. The van der Waals surface area contributed by atoms with Crippen LogP contribution in [0.1, 0.15) is 70.8 Å². The van der Waals surface area contributed by atoms with E-state index >= 15 is 0 Å². The molecule has 4 rings (SSSR count). The summed E-state index contributed by atoms with van der Waals surface area (Å²) in [5.41, 5.74) is 1.12. The molecule has 0 unspecified atom stereocenters. The summed E-state index contributed by atoms with van der Waals surface area (Å²) in [5.74, 6) is 4.12. The van der Waals surface area contributed by atoms with Crippen molar-refractivity contribution in [3.63, 3.8) is 0 Å². The van der Waals surface area contributed by atoms with Crippen LogP contribution in [0.2, 0.25) is 0 Å². The number of hydrogen-bond donors (Lipinski definition) is 0. The molecule has 0 fully saturated rings. The topological polar surface area (TPSA) is 36.9 Å². The van der Waals surface area contributed by atoms with E-state index in [0.717, 1.165) is 53.5 Å². The maximum absolute atomic E-state index is 6.43. The van der Waals surface area contributed by atoms with Gasteiger partial charge in [0.25, 0.3) is 0 Å². The first-order valence-corrected chi connectivity index (χ1v) is 12.5. The molecule has 3 aromatic rings. The van der Waals surface area contributed by atoms with E-state index in [9.17, 15) is 0 Å². The molecule has 0 amide bonds. The highest BCUT2D eigenvalue weighted by Gasteiger charge is 2.30. The second-order valence-corrected chi connectivity index (χ2v) is 8.83. The molecule has 0 spiro atoms. The summed E-state index contributed by atoms with van der Waals surface area (Å²) >= 11 is 0. The third-order valence-corrected chi connectivity index (χ3v) is 6.05. The molecule has 3 aromatic carbocycles. The summed E-state index contributed by atoms with van der Waals surface area (Å²) in [4.78, 5) is 0. The van der Waals surface area contributed by atoms with Gasteiger partial charge in [0.05, 0.1) is 13.2 Å². The molecule has 0 aromatic heterocycles. The Labute approximate surface area is 197 Å². The zero-order valence-corrected chi connectivity index (χ0v) is 20.2. The predicted molar refractivity (Wildman–Crippen MR) is 135 cm³/mol. The molecule has 0 N–H and O–H groups in total. The van der Waals surface area contributed by atoms with Gasteiger partial charge in [-0.1, -0.05) is 82.7 Å². The standard InChI is InChI=1S/C29H36O4/c1-4-6-8-12-18-30-26-22-14-10-11-15-23(22)27(31-19-13-9-7-5-2)29-28(26)32-24-17-16-21(3)20-25(24)33-29/h10-11,14-17,20H,4-9,12-13,18-19H2,1-3H3. The van der Waals surface area contributed by atoms with Crippen LogP contribution in [0.5, 0.6) is 34.5 Å². The Bertz CT molecular complexity index is 1070. The molecule has 1 aliphatic rings. The highest BCUT2D eigenvalue weighted by Crippen LogP contribution is 2.58. The van der Waals surface area contributed by atoms with E-state index in [4.69, 9.17) is 18.9 Å². The minimum Gasteiger partial charge on any atom is -0.489 e. The average molecular weight is 449 g/mol. The summed E-state index contributed by atoms with van der Waals surface area (Å²) in [5, 5.41) is 1.99. The molecule has 0 bridgehead atoms. The fourth-order valence-electron chi connectivity index (χ4n) is 4.21. The second-order valence-electron chi connectivity index (χ2n) is 8.83. The molecule has 1 heterocycles. The van der Waals surface area contributed by atoms with Gasteiger partial charge in [-0.3, -0.25) is 0 Å². The van der Waals surface area contributed by atoms with Crippen molar-refractivity contribution < 1.29 is 18.9 Å². The lowest BCUT2D eigenvalue weighted by Gasteiger charge is -2.26. The van der Waals surface area contributed by atoms with Crippen molar-refractivity contribution in [3.8, 4) is 34.5 Å². The molecule has 4 nitrogen and oxygen atoms in total. The van der Waals surface area contributed by atoms with Crippen molar-refractivity contribution in [2.24, 2.45) is 0 Å². The van der Waals surface area contributed by atoms with Crippen LogP contribution in [0.4, 0.5) is 0 Å². The van der Waals surface area contributed by atoms with Gasteiger partial charge in [0.1, 0.15) is 0 Å². The van der Waals surface area contributed by atoms with Gasteiger partial charge in [-0.15, -0.1) is 0 Å². The maximum atomic E-state index is 6.43. The first-order chi connectivity index (χ1) is 16.2. The highest BCUT2D eigenvalue weighted by atomic mass is 16.6. The van der Waals surface area contributed by atoms with Crippen LogP contribution in [0, 0.1) is 6.92 Å². The molecule has 176 valence electrons. The summed E-state index contributed by atoms with van der Waals surface area (Å²) in [6, 6.07) is 14.2. The Morgan fingerprint density at radius 1 is 0.636 bits per heavy atom. The van der Waals surface area contributed by atoms with E-state index in [1.54, 1.807) is 0 Å². The highest BCUT2D eigenvalue weighted by molar-refractivity contribution is 5.99. The Morgan fingerprint density at radius 2 is 1.18 bits per heavy atom. The molecular weight excluding hydrogens is 412 g/mol. The van der Waals surface area contributed by atoms with Crippen LogP contribution in [-0.4, -0.2) is 13.2 Å². The third kappa shape index (κ3) is 5.38. The fraction of sp³-hybridized carbons (Fsp3) is 0.448. The van der Waals surface area contributed by atoms with E-state index in [-0.39, 0.29) is 0 Å². The van der Waals surface area contributed by atoms with E-state index in [1.807, 2.05) is 30.3 Å². The number of benzene rings is 3. The molecule has 33 heavy (non-hydrogen) atoms. The summed E-state index contributed by atoms with van der Waals surface area (Å²) in [7, 11) is 0. The largest absolute Gasteiger partial charge is 0.489 e. The number of aryl methyl sites for hydroxylation is 1. The zero-order chi connectivity index (χ0) is 23.0. The first-order valence-electron chi connectivity index (χ1n) is 12.5. The summed E-state index contributed by atoms with van der Waals surface area (Å²) in [6.45, 7) is 7.79. The lowest BCUT2D eigenvalue weighted by Crippen LogP contribution is -2.08. The van der Waals surface area contributed by atoms with Gasteiger partial charge in [-0.25, -0.2) is 0 Å². The molecule has 0 aliphatic carbocycles.